The smallest absolute Gasteiger partial charge is 0.457 e. The number of esters is 1. The molecule has 36 heavy (non-hydrogen) atoms. The maximum atomic E-state index is 12.5. The van der Waals surface area contributed by atoms with Crippen molar-refractivity contribution in [2.45, 2.75) is 65.6 Å². The number of carbonyl (C=O) groups excluding carboxylic acids is 2. The molecule has 0 unspecified atom stereocenters. The molecule has 15 heteroatoms. The minimum Gasteiger partial charge on any atom is -0.457 e. The summed E-state index contributed by atoms with van der Waals surface area (Å²) in [5.74, 6) is -1.68. The van der Waals surface area contributed by atoms with Crippen LogP contribution in [0.5, 0.6) is 0 Å². The predicted octanol–water partition coefficient (Wildman–Crippen LogP) is 0.881. The number of fused-ring (bicyclic) bond motifs is 2. The van der Waals surface area contributed by atoms with E-state index in [1.165, 1.54) is 20.8 Å². The standard InChI is InChI=1S/C21H31N3O11S/c1-6-9-31-22-18(25)16-8-7-15-10-23(16)14(3)24(15)35-36(28,29)32-12-21(4,5)19(26)30-11-17-13(2)33-20(27)34-17/h15-16H,3,6-12H2,1-2,4-5H3,(H,22,25)/t15-,16+/m1/s1. The van der Waals surface area contributed by atoms with E-state index in [0.29, 0.717) is 26.0 Å². The van der Waals surface area contributed by atoms with Gasteiger partial charge in [0.05, 0.1) is 24.7 Å². The Kier molecular flexibility index (Phi) is 8.48. The van der Waals surface area contributed by atoms with Crippen molar-refractivity contribution in [2.24, 2.45) is 5.41 Å². The third kappa shape index (κ3) is 6.46. The Labute approximate surface area is 208 Å². The second kappa shape index (κ2) is 11.0. The van der Waals surface area contributed by atoms with E-state index >= 15 is 0 Å². The van der Waals surface area contributed by atoms with Gasteiger partial charge in [-0.05, 0) is 40.0 Å². The van der Waals surface area contributed by atoms with Gasteiger partial charge in [-0.15, -0.1) is 4.28 Å². The van der Waals surface area contributed by atoms with Crippen LogP contribution in [0.3, 0.4) is 0 Å². The molecule has 0 saturated carbocycles. The first-order chi connectivity index (χ1) is 16.8. The number of nitrogens with one attached hydrogen (secondary N) is 1. The molecule has 2 bridgehead atoms. The molecular formula is C21H31N3O11S. The molecule has 2 aliphatic heterocycles. The molecule has 1 aromatic heterocycles. The van der Waals surface area contributed by atoms with Gasteiger partial charge in [0, 0.05) is 6.54 Å². The van der Waals surface area contributed by atoms with Crippen LogP contribution >= 0.6 is 0 Å². The van der Waals surface area contributed by atoms with Crippen molar-refractivity contribution >= 4 is 22.3 Å². The van der Waals surface area contributed by atoms with Crippen LogP contribution in [0.1, 0.15) is 51.6 Å². The summed E-state index contributed by atoms with van der Waals surface area (Å²) in [4.78, 5) is 42.7. The Hall–Kier alpha value is -2.88. The summed E-state index contributed by atoms with van der Waals surface area (Å²) in [7, 11) is -4.60. The molecule has 0 spiro atoms. The number of nitrogens with zero attached hydrogens (tertiary/aromatic N) is 2. The average molecular weight is 534 g/mol. The number of amides is 1. The second-order valence-corrected chi connectivity index (χ2v) is 10.3. The van der Waals surface area contributed by atoms with E-state index in [-0.39, 0.29) is 35.9 Å². The van der Waals surface area contributed by atoms with E-state index < -0.39 is 40.3 Å². The van der Waals surface area contributed by atoms with Crippen LogP contribution in [0.15, 0.2) is 26.0 Å². The van der Waals surface area contributed by atoms with Crippen molar-refractivity contribution in [1.82, 2.24) is 15.4 Å². The zero-order chi connectivity index (χ0) is 26.7. The third-order valence-electron chi connectivity index (χ3n) is 5.71. The van der Waals surface area contributed by atoms with Gasteiger partial charge in [-0.3, -0.25) is 14.4 Å². The number of hydroxylamine groups is 3. The van der Waals surface area contributed by atoms with Crippen LogP contribution in [0, 0.1) is 12.3 Å². The van der Waals surface area contributed by atoms with E-state index in [4.69, 9.17) is 26.9 Å². The number of aryl methyl sites for hydroxylation is 1. The molecule has 2 aliphatic rings. The largest absolute Gasteiger partial charge is 0.519 e. The highest BCUT2D eigenvalue weighted by Crippen LogP contribution is 2.35. The van der Waals surface area contributed by atoms with Gasteiger partial charge in [-0.25, -0.2) is 19.5 Å². The number of hydrogen-bond donors (Lipinski definition) is 1. The highest BCUT2D eigenvalue weighted by atomic mass is 32.3. The highest BCUT2D eigenvalue weighted by Gasteiger charge is 2.46. The average Bonchev–Trinajstić information content (AvgIpc) is 3.26. The maximum Gasteiger partial charge on any atom is 0.519 e. The Balaban J connectivity index is 1.54. The van der Waals surface area contributed by atoms with Crippen LogP contribution in [0.4, 0.5) is 0 Å². The lowest BCUT2D eigenvalue weighted by Crippen LogP contribution is -2.48. The van der Waals surface area contributed by atoms with Gasteiger partial charge in [-0.2, -0.15) is 8.42 Å². The number of hydrogen-bond acceptors (Lipinski definition) is 13. The van der Waals surface area contributed by atoms with Crippen molar-refractivity contribution in [3.8, 4) is 0 Å². The molecule has 3 heterocycles. The Morgan fingerprint density at radius 3 is 2.61 bits per heavy atom. The number of rotatable bonds is 12. The minimum absolute atomic E-state index is 0.0404. The number of ether oxygens (including phenoxy) is 1. The molecule has 2 fully saturated rings. The zero-order valence-corrected chi connectivity index (χ0v) is 21.4. The van der Waals surface area contributed by atoms with E-state index in [9.17, 15) is 22.8 Å². The molecule has 202 valence electrons. The lowest BCUT2D eigenvalue weighted by Gasteiger charge is -2.30. The summed E-state index contributed by atoms with van der Waals surface area (Å²) in [6.45, 7) is 9.83. The minimum atomic E-state index is -4.60. The molecule has 2 saturated heterocycles. The van der Waals surface area contributed by atoms with Crippen LogP contribution in [-0.2, 0) is 44.6 Å². The van der Waals surface area contributed by atoms with Crippen molar-refractivity contribution in [2.75, 3.05) is 19.8 Å². The first-order valence-corrected chi connectivity index (χ1v) is 12.7. The van der Waals surface area contributed by atoms with Crippen molar-refractivity contribution < 1.29 is 44.9 Å². The molecular weight excluding hydrogens is 502 g/mol. The fourth-order valence-corrected chi connectivity index (χ4v) is 4.55. The van der Waals surface area contributed by atoms with E-state index in [1.54, 1.807) is 4.90 Å². The van der Waals surface area contributed by atoms with E-state index in [0.717, 1.165) is 11.5 Å². The summed E-state index contributed by atoms with van der Waals surface area (Å²) in [5.41, 5.74) is 1.01. The predicted molar refractivity (Wildman–Crippen MR) is 120 cm³/mol. The lowest BCUT2D eigenvalue weighted by atomic mass is 9.95. The van der Waals surface area contributed by atoms with Crippen LogP contribution < -0.4 is 11.3 Å². The van der Waals surface area contributed by atoms with Crippen LogP contribution in [-0.4, -0.2) is 62.1 Å². The van der Waals surface area contributed by atoms with Crippen molar-refractivity contribution in [3.63, 3.8) is 0 Å². The Morgan fingerprint density at radius 1 is 1.25 bits per heavy atom. The van der Waals surface area contributed by atoms with Gasteiger partial charge in [0.15, 0.2) is 18.1 Å². The second-order valence-electron chi connectivity index (χ2n) is 9.09. The molecule has 3 rings (SSSR count). The Bertz CT molecular complexity index is 1140. The molecule has 0 radical (unpaired) electrons. The summed E-state index contributed by atoms with van der Waals surface area (Å²) in [6, 6.07) is -0.942. The fourth-order valence-electron chi connectivity index (χ4n) is 3.67. The van der Waals surface area contributed by atoms with E-state index in [1.807, 2.05) is 6.92 Å². The summed E-state index contributed by atoms with van der Waals surface area (Å²) in [5, 5.41) is 1.10. The molecule has 0 aliphatic carbocycles. The van der Waals surface area contributed by atoms with Crippen molar-refractivity contribution in [1.29, 1.82) is 0 Å². The van der Waals surface area contributed by atoms with Gasteiger partial charge in [0.1, 0.15) is 11.9 Å². The third-order valence-corrected chi connectivity index (χ3v) is 6.46. The van der Waals surface area contributed by atoms with Gasteiger partial charge in [-0.1, -0.05) is 13.5 Å². The molecule has 14 nitrogen and oxygen atoms in total. The first-order valence-electron chi connectivity index (χ1n) is 11.4. The van der Waals surface area contributed by atoms with Gasteiger partial charge < -0.3 is 18.5 Å². The fraction of sp³-hybridized carbons (Fsp3) is 0.667. The monoisotopic (exact) mass is 533 g/mol. The normalized spacial score (nSPS) is 20.1. The van der Waals surface area contributed by atoms with Gasteiger partial charge in [0.25, 0.3) is 5.91 Å². The summed E-state index contributed by atoms with van der Waals surface area (Å²) < 4.78 is 49.7. The summed E-state index contributed by atoms with van der Waals surface area (Å²) in [6.07, 6.45) is 1.65. The number of piperidine rings is 1. The van der Waals surface area contributed by atoms with Gasteiger partial charge >= 0.3 is 22.2 Å². The number of carbonyl (C=O) groups is 2. The molecule has 0 aromatic carbocycles. The maximum absolute atomic E-state index is 12.5. The highest BCUT2D eigenvalue weighted by molar-refractivity contribution is 7.81. The van der Waals surface area contributed by atoms with Crippen LogP contribution in [0.2, 0.25) is 0 Å². The van der Waals surface area contributed by atoms with Crippen molar-refractivity contribution in [3.05, 3.63) is 34.5 Å². The van der Waals surface area contributed by atoms with Crippen LogP contribution in [0.25, 0.3) is 0 Å². The molecule has 2 atom stereocenters. The quantitative estimate of drug-likeness (QED) is 0.229. The Morgan fingerprint density at radius 2 is 1.97 bits per heavy atom. The zero-order valence-electron chi connectivity index (χ0n) is 20.6. The molecule has 1 aromatic rings. The molecule has 1 N–H and O–H groups in total. The lowest BCUT2D eigenvalue weighted by molar-refractivity contribution is -0.157. The first kappa shape index (κ1) is 27.7. The topological polar surface area (TPSA) is 167 Å². The molecule has 1 amide bonds. The van der Waals surface area contributed by atoms with Gasteiger partial charge in [0.2, 0.25) is 0 Å². The summed E-state index contributed by atoms with van der Waals surface area (Å²) >= 11 is 0. The SMILES string of the molecule is C=C1N2C[C@@H](CC[C@H]2C(=O)NOCCC)N1OS(=O)(=O)OCC(C)(C)C(=O)OCc1oc(=O)oc1C. The van der Waals surface area contributed by atoms with E-state index in [2.05, 4.69) is 12.1 Å².